The van der Waals surface area contributed by atoms with Gasteiger partial charge >= 0.3 is 0 Å². The quantitative estimate of drug-likeness (QED) is 0.448. The van der Waals surface area contributed by atoms with E-state index in [1.54, 1.807) is 4.90 Å². The maximum atomic E-state index is 13.8. The number of nitrogens with one attached hydrogen (secondary N) is 1. The fourth-order valence-corrected chi connectivity index (χ4v) is 4.91. The van der Waals surface area contributed by atoms with Crippen LogP contribution in [-0.2, 0) is 29.0 Å². The van der Waals surface area contributed by atoms with Crippen LogP contribution in [0.4, 0.5) is 0 Å². The van der Waals surface area contributed by atoms with Gasteiger partial charge in [-0.2, -0.15) is 0 Å². The van der Waals surface area contributed by atoms with Gasteiger partial charge in [-0.3, -0.25) is 9.59 Å². The molecule has 1 saturated carbocycles. The van der Waals surface area contributed by atoms with Crippen LogP contribution in [-0.4, -0.2) is 28.8 Å². The maximum Gasteiger partial charge on any atom is 0.243 e. The largest absolute Gasteiger partial charge is 0.352 e. The van der Waals surface area contributed by atoms with E-state index in [2.05, 4.69) is 36.5 Å². The second-order valence-electron chi connectivity index (χ2n) is 9.87. The van der Waals surface area contributed by atoms with E-state index < -0.39 is 6.04 Å². The van der Waals surface area contributed by atoms with Gasteiger partial charge in [0.2, 0.25) is 11.8 Å². The Labute approximate surface area is 209 Å². The Balaban J connectivity index is 1.65. The van der Waals surface area contributed by atoms with Gasteiger partial charge in [-0.1, -0.05) is 103 Å². The van der Waals surface area contributed by atoms with Crippen LogP contribution in [0, 0.1) is 13.8 Å². The van der Waals surface area contributed by atoms with Crippen LogP contribution in [0.5, 0.6) is 0 Å². The van der Waals surface area contributed by atoms with Gasteiger partial charge in [0.15, 0.2) is 0 Å². The van der Waals surface area contributed by atoms with Crippen LogP contribution in [0.1, 0.15) is 53.5 Å². The molecule has 4 heteroatoms. The molecule has 1 atom stereocenters. The molecule has 2 amide bonds. The normalized spacial score (nSPS) is 14.5. The third-order valence-corrected chi connectivity index (χ3v) is 6.88. The Morgan fingerprint density at radius 1 is 0.829 bits per heavy atom. The van der Waals surface area contributed by atoms with Gasteiger partial charge in [-0.25, -0.2) is 0 Å². The highest BCUT2D eigenvalue weighted by atomic mass is 16.2. The SMILES string of the molecule is Cc1ccc(CN(C(=O)Cc2cccc(C)c2)C(Cc2ccccc2)C(=O)NC2CCCC2)cc1. The number of hydrogen-bond donors (Lipinski definition) is 1. The lowest BCUT2D eigenvalue weighted by atomic mass is 10.0. The zero-order valence-electron chi connectivity index (χ0n) is 20.9. The van der Waals surface area contributed by atoms with Crippen LogP contribution in [0.3, 0.4) is 0 Å². The number of carbonyl (C=O) groups is 2. The van der Waals surface area contributed by atoms with Crippen molar-refractivity contribution >= 4 is 11.8 Å². The Hall–Kier alpha value is -3.40. The van der Waals surface area contributed by atoms with Crippen molar-refractivity contribution < 1.29 is 9.59 Å². The summed E-state index contributed by atoms with van der Waals surface area (Å²) in [6.07, 6.45) is 5.08. The fourth-order valence-electron chi connectivity index (χ4n) is 4.91. The number of hydrogen-bond acceptors (Lipinski definition) is 2. The molecule has 0 spiro atoms. The van der Waals surface area contributed by atoms with E-state index >= 15 is 0 Å². The minimum absolute atomic E-state index is 0.0290. The Kier molecular flexibility index (Phi) is 8.36. The summed E-state index contributed by atoms with van der Waals surface area (Å²) in [5.74, 6) is -0.0795. The zero-order valence-corrected chi connectivity index (χ0v) is 20.9. The first-order valence-electron chi connectivity index (χ1n) is 12.7. The molecule has 1 N–H and O–H groups in total. The molecule has 1 fully saturated rings. The summed E-state index contributed by atoms with van der Waals surface area (Å²) in [6, 6.07) is 25.9. The molecule has 1 unspecified atom stereocenters. The first kappa shape index (κ1) is 24.7. The van der Waals surface area contributed by atoms with E-state index in [0.29, 0.717) is 13.0 Å². The number of nitrogens with zero attached hydrogens (tertiary/aromatic N) is 1. The van der Waals surface area contributed by atoms with Gasteiger partial charge in [0.1, 0.15) is 6.04 Å². The van der Waals surface area contributed by atoms with E-state index in [1.807, 2.05) is 61.5 Å². The van der Waals surface area contributed by atoms with Crippen molar-refractivity contribution in [3.63, 3.8) is 0 Å². The first-order valence-corrected chi connectivity index (χ1v) is 12.7. The van der Waals surface area contributed by atoms with Gasteiger partial charge in [0.05, 0.1) is 6.42 Å². The van der Waals surface area contributed by atoms with E-state index in [-0.39, 0.29) is 24.3 Å². The second-order valence-corrected chi connectivity index (χ2v) is 9.87. The van der Waals surface area contributed by atoms with Crippen LogP contribution in [0.25, 0.3) is 0 Å². The topological polar surface area (TPSA) is 49.4 Å². The summed E-state index contributed by atoms with van der Waals surface area (Å²) in [6.45, 7) is 4.49. The fraction of sp³-hybridized carbons (Fsp3) is 0.355. The summed E-state index contributed by atoms with van der Waals surface area (Å²) >= 11 is 0. The van der Waals surface area contributed by atoms with Crippen LogP contribution < -0.4 is 5.32 Å². The van der Waals surface area contributed by atoms with Crippen molar-refractivity contribution in [1.29, 1.82) is 0 Å². The van der Waals surface area contributed by atoms with E-state index in [9.17, 15) is 9.59 Å². The molecule has 1 aliphatic carbocycles. The standard InChI is InChI=1S/C31H36N2O2/c1-23-15-17-26(18-16-23)22-33(30(34)21-27-12-8-9-24(2)19-27)29(20-25-10-4-3-5-11-25)31(35)32-28-13-6-7-14-28/h3-5,8-12,15-19,28-29H,6-7,13-14,20-22H2,1-2H3,(H,32,35). The van der Waals surface area contributed by atoms with Gasteiger partial charge in [-0.05, 0) is 43.4 Å². The lowest BCUT2D eigenvalue weighted by molar-refractivity contribution is -0.141. The highest BCUT2D eigenvalue weighted by Gasteiger charge is 2.32. The van der Waals surface area contributed by atoms with Crippen molar-refractivity contribution in [2.75, 3.05) is 0 Å². The molecule has 0 bridgehead atoms. The van der Waals surface area contributed by atoms with Gasteiger partial charge in [0, 0.05) is 19.0 Å². The average Bonchev–Trinajstić information content (AvgIpc) is 3.36. The molecular formula is C31H36N2O2. The molecular weight excluding hydrogens is 432 g/mol. The van der Waals surface area contributed by atoms with E-state index in [1.165, 1.54) is 5.56 Å². The highest BCUT2D eigenvalue weighted by molar-refractivity contribution is 5.89. The van der Waals surface area contributed by atoms with Crippen molar-refractivity contribution in [3.05, 3.63) is 107 Å². The third-order valence-electron chi connectivity index (χ3n) is 6.88. The van der Waals surface area contributed by atoms with Crippen molar-refractivity contribution in [2.24, 2.45) is 0 Å². The number of rotatable bonds is 9. The van der Waals surface area contributed by atoms with Gasteiger partial charge in [0.25, 0.3) is 0 Å². The predicted molar refractivity (Wildman–Crippen MR) is 141 cm³/mol. The van der Waals surface area contributed by atoms with Gasteiger partial charge < -0.3 is 10.2 Å². The number of benzene rings is 3. The van der Waals surface area contributed by atoms with Crippen molar-refractivity contribution in [1.82, 2.24) is 10.2 Å². The van der Waals surface area contributed by atoms with Crippen molar-refractivity contribution in [3.8, 4) is 0 Å². The molecule has 4 nitrogen and oxygen atoms in total. The summed E-state index contributed by atoms with van der Waals surface area (Å²) in [5.41, 5.74) is 5.35. The highest BCUT2D eigenvalue weighted by Crippen LogP contribution is 2.21. The van der Waals surface area contributed by atoms with Crippen LogP contribution in [0.2, 0.25) is 0 Å². The maximum absolute atomic E-state index is 13.8. The molecule has 0 heterocycles. The Morgan fingerprint density at radius 3 is 2.20 bits per heavy atom. The summed E-state index contributed by atoms with van der Waals surface area (Å²) in [5, 5.41) is 3.27. The molecule has 0 radical (unpaired) electrons. The molecule has 4 rings (SSSR count). The molecule has 35 heavy (non-hydrogen) atoms. The number of carbonyl (C=O) groups excluding carboxylic acids is 2. The predicted octanol–water partition coefficient (Wildman–Crippen LogP) is 5.54. The second kappa shape index (κ2) is 11.8. The van der Waals surface area contributed by atoms with E-state index in [0.717, 1.165) is 47.9 Å². The molecule has 0 saturated heterocycles. The minimum Gasteiger partial charge on any atom is -0.352 e. The molecule has 182 valence electrons. The van der Waals surface area contributed by atoms with Crippen molar-refractivity contribution in [2.45, 2.75) is 71.0 Å². The average molecular weight is 469 g/mol. The molecule has 0 aromatic heterocycles. The zero-order chi connectivity index (χ0) is 24.6. The van der Waals surface area contributed by atoms with Gasteiger partial charge in [-0.15, -0.1) is 0 Å². The third kappa shape index (κ3) is 7.05. The Bertz CT molecular complexity index is 1120. The molecule has 0 aliphatic heterocycles. The molecule has 3 aromatic carbocycles. The van der Waals surface area contributed by atoms with Crippen LogP contribution >= 0.6 is 0 Å². The Morgan fingerprint density at radius 2 is 1.51 bits per heavy atom. The summed E-state index contributed by atoms with van der Waals surface area (Å²) < 4.78 is 0. The van der Waals surface area contributed by atoms with E-state index in [4.69, 9.17) is 0 Å². The summed E-state index contributed by atoms with van der Waals surface area (Å²) in [7, 11) is 0. The lowest BCUT2D eigenvalue weighted by Gasteiger charge is -2.32. The summed E-state index contributed by atoms with van der Waals surface area (Å²) in [4.78, 5) is 29.3. The van der Waals surface area contributed by atoms with Crippen LogP contribution in [0.15, 0.2) is 78.9 Å². The number of amides is 2. The first-order chi connectivity index (χ1) is 17.0. The smallest absolute Gasteiger partial charge is 0.243 e. The molecule has 1 aliphatic rings. The lowest BCUT2D eigenvalue weighted by Crippen LogP contribution is -2.52. The molecule has 3 aromatic rings. The number of aryl methyl sites for hydroxylation is 2. The minimum atomic E-state index is -0.573. The monoisotopic (exact) mass is 468 g/mol.